The fraction of sp³-hybridized carbons (Fsp3) is 0.333. The summed E-state index contributed by atoms with van der Waals surface area (Å²) in [7, 11) is 0. The van der Waals surface area contributed by atoms with Gasteiger partial charge in [-0.1, -0.05) is 18.1 Å². The molecule has 1 N–H and O–H groups in total. The van der Waals surface area contributed by atoms with Crippen LogP contribution in [-0.2, 0) is 0 Å². The van der Waals surface area contributed by atoms with E-state index in [1.165, 1.54) is 11.1 Å². The number of aryl methyl sites for hydroxylation is 1. The predicted octanol–water partition coefficient (Wildman–Crippen LogP) is 2.74. The lowest BCUT2D eigenvalue weighted by Crippen LogP contribution is -2.13. The quantitative estimate of drug-likeness (QED) is 0.678. The van der Waals surface area contributed by atoms with Crippen LogP contribution in [0.4, 0.5) is 5.69 Å². The highest BCUT2D eigenvalue weighted by Gasteiger charge is 2.01. The van der Waals surface area contributed by atoms with Gasteiger partial charge in [0.25, 0.3) is 0 Å². The minimum Gasteiger partial charge on any atom is -0.372 e. The molecule has 0 bridgehead atoms. The third kappa shape index (κ3) is 2.26. The standard InChI is InChI=1S/C12H15N/c1-5-10(3)13-12-8-6-7-9(2)11(12)4/h1,6-8,10,13H,2-4H3. The number of nitrogens with one attached hydrogen (secondary N) is 1. The van der Waals surface area contributed by atoms with Gasteiger partial charge in [-0.3, -0.25) is 0 Å². The highest BCUT2D eigenvalue weighted by Crippen LogP contribution is 2.18. The van der Waals surface area contributed by atoms with Gasteiger partial charge >= 0.3 is 0 Å². The Morgan fingerprint density at radius 2 is 2.08 bits per heavy atom. The van der Waals surface area contributed by atoms with Crippen molar-refractivity contribution < 1.29 is 0 Å². The Morgan fingerprint density at radius 3 is 2.69 bits per heavy atom. The van der Waals surface area contributed by atoms with Gasteiger partial charge in [-0.05, 0) is 38.0 Å². The van der Waals surface area contributed by atoms with Gasteiger partial charge in [0.1, 0.15) is 0 Å². The van der Waals surface area contributed by atoms with Crippen LogP contribution < -0.4 is 5.32 Å². The second-order valence-corrected chi connectivity index (χ2v) is 3.28. The normalized spacial score (nSPS) is 11.8. The summed E-state index contributed by atoms with van der Waals surface area (Å²) in [6.07, 6.45) is 5.30. The Kier molecular flexibility index (Phi) is 2.97. The molecular weight excluding hydrogens is 158 g/mol. The maximum Gasteiger partial charge on any atom is 0.0845 e. The van der Waals surface area contributed by atoms with Crippen molar-refractivity contribution in [3.05, 3.63) is 29.3 Å². The first-order chi connectivity index (χ1) is 6.15. The van der Waals surface area contributed by atoms with Crippen molar-refractivity contribution in [2.24, 2.45) is 0 Å². The summed E-state index contributed by atoms with van der Waals surface area (Å²) in [5.74, 6) is 2.65. The van der Waals surface area contributed by atoms with Gasteiger partial charge < -0.3 is 5.32 Å². The smallest absolute Gasteiger partial charge is 0.0845 e. The van der Waals surface area contributed by atoms with Crippen molar-refractivity contribution in [3.8, 4) is 12.3 Å². The first-order valence-electron chi connectivity index (χ1n) is 4.44. The molecule has 13 heavy (non-hydrogen) atoms. The number of terminal acetylenes is 1. The maximum atomic E-state index is 5.30. The van der Waals surface area contributed by atoms with Crippen LogP contribution in [0.5, 0.6) is 0 Å². The molecule has 1 aromatic carbocycles. The zero-order valence-electron chi connectivity index (χ0n) is 8.39. The van der Waals surface area contributed by atoms with Gasteiger partial charge in [0.2, 0.25) is 0 Å². The molecule has 0 fully saturated rings. The molecular formula is C12H15N. The lowest BCUT2D eigenvalue weighted by Gasteiger charge is -2.13. The SMILES string of the molecule is C#CC(C)Nc1cccc(C)c1C. The molecule has 0 aromatic heterocycles. The van der Waals surface area contributed by atoms with Crippen LogP contribution in [0.25, 0.3) is 0 Å². The zero-order valence-corrected chi connectivity index (χ0v) is 8.39. The number of anilines is 1. The zero-order chi connectivity index (χ0) is 9.84. The monoisotopic (exact) mass is 173 g/mol. The molecule has 1 heteroatoms. The molecule has 0 radical (unpaired) electrons. The van der Waals surface area contributed by atoms with Gasteiger partial charge in [-0.2, -0.15) is 0 Å². The van der Waals surface area contributed by atoms with E-state index >= 15 is 0 Å². The lowest BCUT2D eigenvalue weighted by molar-refractivity contribution is 1.03. The molecule has 0 saturated carbocycles. The molecule has 0 saturated heterocycles. The Bertz CT molecular complexity index is 333. The third-order valence-electron chi connectivity index (χ3n) is 2.23. The van der Waals surface area contributed by atoms with Gasteiger partial charge in [-0.25, -0.2) is 0 Å². The van der Waals surface area contributed by atoms with E-state index in [1.807, 2.05) is 13.0 Å². The minimum absolute atomic E-state index is 0.0838. The van der Waals surface area contributed by atoms with Crippen LogP contribution in [0.1, 0.15) is 18.1 Å². The van der Waals surface area contributed by atoms with Gasteiger partial charge in [0, 0.05) is 5.69 Å². The largest absolute Gasteiger partial charge is 0.372 e. The summed E-state index contributed by atoms with van der Waals surface area (Å²) >= 11 is 0. The highest BCUT2D eigenvalue weighted by atomic mass is 14.9. The molecule has 0 aliphatic heterocycles. The summed E-state index contributed by atoms with van der Waals surface area (Å²) in [6, 6.07) is 6.27. The molecule has 0 heterocycles. The highest BCUT2D eigenvalue weighted by molar-refractivity contribution is 5.54. The molecule has 1 aromatic rings. The van der Waals surface area contributed by atoms with Gasteiger partial charge in [0.15, 0.2) is 0 Å². The van der Waals surface area contributed by atoms with Crippen molar-refractivity contribution in [2.75, 3.05) is 5.32 Å². The van der Waals surface area contributed by atoms with Crippen molar-refractivity contribution >= 4 is 5.69 Å². The van der Waals surface area contributed by atoms with Crippen LogP contribution in [0, 0.1) is 26.2 Å². The molecule has 1 nitrogen and oxygen atoms in total. The van der Waals surface area contributed by atoms with Crippen molar-refractivity contribution in [2.45, 2.75) is 26.8 Å². The number of rotatable bonds is 2. The van der Waals surface area contributed by atoms with Gasteiger partial charge in [-0.15, -0.1) is 6.42 Å². The Morgan fingerprint density at radius 1 is 1.38 bits per heavy atom. The number of benzene rings is 1. The van der Waals surface area contributed by atoms with E-state index in [9.17, 15) is 0 Å². The third-order valence-corrected chi connectivity index (χ3v) is 2.23. The van der Waals surface area contributed by atoms with Crippen molar-refractivity contribution in [1.29, 1.82) is 0 Å². The average molecular weight is 173 g/mol. The van der Waals surface area contributed by atoms with E-state index in [4.69, 9.17) is 6.42 Å². The van der Waals surface area contributed by atoms with Crippen molar-refractivity contribution in [3.63, 3.8) is 0 Å². The van der Waals surface area contributed by atoms with E-state index in [0.29, 0.717) is 0 Å². The van der Waals surface area contributed by atoms with Crippen LogP contribution in [0.3, 0.4) is 0 Å². The predicted molar refractivity (Wildman–Crippen MR) is 57.8 cm³/mol. The van der Waals surface area contributed by atoms with Crippen LogP contribution >= 0.6 is 0 Å². The Labute approximate surface area is 80.2 Å². The maximum absolute atomic E-state index is 5.30. The molecule has 0 spiro atoms. The summed E-state index contributed by atoms with van der Waals surface area (Å²) in [6.45, 7) is 6.17. The fourth-order valence-electron chi connectivity index (χ4n) is 1.18. The van der Waals surface area contributed by atoms with Crippen LogP contribution in [-0.4, -0.2) is 6.04 Å². The van der Waals surface area contributed by atoms with E-state index in [2.05, 4.69) is 37.2 Å². The Balaban J connectivity index is 2.90. The molecule has 1 atom stereocenters. The second-order valence-electron chi connectivity index (χ2n) is 3.28. The molecule has 0 amide bonds. The molecule has 0 aliphatic carbocycles. The lowest BCUT2D eigenvalue weighted by atomic mass is 10.1. The number of hydrogen-bond donors (Lipinski definition) is 1. The summed E-state index contributed by atoms with van der Waals surface area (Å²) in [5, 5.41) is 3.26. The molecule has 1 unspecified atom stereocenters. The van der Waals surface area contributed by atoms with Crippen molar-refractivity contribution in [1.82, 2.24) is 0 Å². The fourth-order valence-corrected chi connectivity index (χ4v) is 1.18. The Hall–Kier alpha value is -1.42. The van der Waals surface area contributed by atoms with E-state index in [1.54, 1.807) is 0 Å². The molecule has 0 aliphatic rings. The summed E-state index contributed by atoms with van der Waals surface area (Å²) in [5.41, 5.74) is 3.68. The first-order valence-corrected chi connectivity index (χ1v) is 4.44. The average Bonchev–Trinajstić information content (AvgIpc) is 2.13. The molecule has 68 valence electrons. The topological polar surface area (TPSA) is 12.0 Å². The minimum atomic E-state index is 0.0838. The van der Waals surface area contributed by atoms with Crippen LogP contribution in [0.2, 0.25) is 0 Å². The molecule has 1 rings (SSSR count). The van der Waals surface area contributed by atoms with E-state index < -0.39 is 0 Å². The summed E-state index contributed by atoms with van der Waals surface area (Å²) in [4.78, 5) is 0. The first kappa shape index (κ1) is 9.67. The van der Waals surface area contributed by atoms with E-state index in [-0.39, 0.29) is 6.04 Å². The second kappa shape index (κ2) is 4.00. The summed E-state index contributed by atoms with van der Waals surface area (Å²) < 4.78 is 0. The van der Waals surface area contributed by atoms with Crippen LogP contribution in [0.15, 0.2) is 18.2 Å². The van der Waals surface area contributed by atoms with E-state index in [0.717, 1.165) is 5.69 Å². The van der Waals surface area contributed by atoms with Gasteiger partial charge in [0.05, 0.1) is 6.04 Å². The number of hydrogen-bond acceptors (Lipinski definition) is 1.